The fourth-order valence-corrected chi connectivity index (χ4v) is 7.81. The minimum Gasteiger partial charge on any atom is -0.462 e. The lowest BCUT2D eigenvalue weighted by Crippen LogP contribution is -2.29. The van der Waals surface area contributed by atoms with Crippen LogP contribution in [-0.2, 0) is 32.7 Å². The second-order valence-electron chi connectivity index (χ2n) is 16.3. The van der Waals surface area contributed by atoms with Gasteiger partial charge in [0.15, 0.2) is 6.10 Å². The molecule has 1 unspecified atom stereocenters. The summed E-state index contributed by atoms with van der Waals surface area (Å²) in [6.07, 6.45) is 46.7. The number of hydrogen-bond donors (Lipinski definition) is 2. The standard InChI is InChI=1S/C47H92NO8P/c1-3-5-7-9-11-13-15-17-19-21-22-24-25-27-29-31-33-35-37-39-46(49)53-43-45(44-55-57(51,52)54-42-41-48)56-47(50)40-38-36-34-32-30-28-26-23-20-18-16-14-12-10-8-6-4-2/h21-22,45H,3-20,23-44,48H2,1-2H3,(H,51,52)/b22-21-/t45-/m1/s1. The number of esters is 2. The highest BCUT2D eigenvalue weighted by Gasteiger charge is 2.26. The number of phosphoric ester groups is 1. The van der Waals surface area contributed by atoms with Crippen LogP contribution in [0.15, 0.2) is 12.2 Å². The van der Waals surface area contributed by atoms with Crippen molar-refractivity contribution >= 4 is 19.8 Å². The van der Waals surface area contributed by atoms with E-state index >= 15 is 0 Å². The minimum absolute atomic E-state index is 0.0559. The molecule has 0 heterocycles. The zero-order chi connectivity index (χ0) is 41.8. The Balaban J connectivity index is 4.06. The first kappa shape index (κ1) is 55.8. The number of allylic oxidation sites excluding steroid dienone is 2. The maximum atomic E-state index is 12.6. The first-order chi connectivity index (χ1) is 27.8. The van der Waals surface area contributed by atoms with Gasteiger partial charge in [-0.05, 0) is 38.5 Å². The average molecular weight is 830 g/mol. The van der Waals surface area contributed by atoms with Crippen LogP contribution < -0.4 is 5.73 Å². The molecular weight excluding hydrogens is 737 g/mol. The highest BCUT2D eigenvalue weighted by Crippen LogP contribution is 2.43. The number of phosphoric acid groups is 1. The van der Waals surface area contributed by atoms with Crippen LogP contribution in [0.5, 0.6) is 0 Å². The molecule has 0 aromatic carbocycles. The number of carbonyl (C=O) groups is 2. The normalized spacial score (nSPS) is 13.3. The Hall–Kier alpha value is -1.25. The summed E-state index contributed by atoms with van der Waals surface area (Å²) in [5.74, 6) is -0.819. The van der Waals surface area contributed by atoms with E-state index in [1.54, 1.807) is 0 Å². The number of carbonyl (C=O) groups excluding carboxylic acids is 2. The van der Waals surface area contributed by atoms with Gasteiger partial charge in [-0.15, -0.1) is 0 Å². The maximum Gasteiger partial charge on any atom is 0.472 e. The van der Waals surface area contributed by atoms with E-state index in [1.807, 2.05) is 0 Å². The molecule has 10 heteroatoms. The van der Waals surface area contributed by atoms with Crippen LogP contribution >= 0.6 is 7.82 Å². The Kier molecular flexibility index (Phi) is 43.3. The van der Waals surface area contributed by atoms with Gasteiger partial charge in [0.2, 0.25) is 0 Å². The van der Waals surface area contributed by atoms with Crippen LogP contribution in [-0.4, -0.2) is 49.3 Å². The van der Waals surface area contributed by atoms with Crippen LogP contribution in [0.1, 0.15) is 245 Å². The quantitative estimate of drug-likeness (QED) is 0.0266. The van der Waals surface area contributed by atoms with Crippen molar-refractivity contribution in [1.82, 2.24) is 0 Å². The number of rotatable bonds is 46. The van der Waals surface area contributed by atoms with Gasteiger partial charge in [0.25, 0.3) is 0 Å². The molecule has 0 aliphatic carbocycles. The summed E-state index contributed by atoms with van der Waals surface area (Å²) >= 11 is 0. The molecule has 0 spiro atoms. The van der Waals surface area contributed by atoms with Gasteiger partial charge in [0, 0.05) is 19.4 Å². The zero-order valence-corrected chi connectivity index (χ0v) is 38.2. The van der Waals surface area contributed by atoms with Gasteiger partial charge in [-0.1, -0.05) is 206 Å². The molecule has 0 aromatic heterocycles. The lowest BCUT2D eigenvalue weighted by molar-refractivity contribution is -0.161. The lowest BCUT2D eigenvalue weighted by Gasteiger charge is -2.19. The molecule has 338 valence electrons. The molecule has 0 bridgehead atoms. The number of unbranched alkanes of at least 4 members (excludes halogenated alkanes) is 31. The van der Waals surface area contributed by atoms with Gasteiger partial charge < -0.3 is 20.1 Å². The van der Waals surface area contributed by atoms with E-state index in [4.69, 9.17) is 24.3 Å². The molecule has 0 saturated carbocycles. The summed E-state index contributed by atoms with van der Waals surface area (Å²) in [5, 5.41) is 0. The largest absolute Gasteiger partial charge is 0.472 e. The Morgan fingerprint density at radius 2 is 0.860 bits per heavy atom. The molecule has 3 N–H and O–H groups in total. The molecule has 0 aliphatic rings. The first-order valence-corrected chi connectivity index (χ1v) is 25.7. The van der Waals surface area contributed by atoms with Crippen LogP contribution in [0.25, 0.3) is 0 Å². The summed E-state index contributed by atoms with van der Waals surface area (Å²) in [6.45, 7) is 3.77. The highest BCUT2D eigenvalue weighted by atomic mass is 31.2. The second-order valence-corrected chi connectivity index (χ2v) is 17.8. The predicted octanol–water partition coefficient (Wildman–Crippen LogP) is 14.2. The third kappa shape index (κ3) is 44.1. The summed E-state index contributed by atoms with van der Waals surface area (Å²) in [4.78, 5) is 35.0. The van der Waals surface area contributed by atoms with E-state index in [9.17, 15) is 19.0 Å². The molecule has 0 aliphatic heterocycles. The van der Waals surface area contributed by atoms with Gasteiger partial charge in [-0.2, -0.15) is 0 Å². The molecule has 0 saturated heterocycles. The third-order valence-corrected chi connectivity index (χ3v) is 11.6. The van der Waals surface area contributed by atoms with Crippen molar-refractivity contribution in [1.29, 1.82) is 0 Å². The molecular formula is C47H92NO8P. The van der Waals surface area contributed by atoms with E-state index < -0.39 is 26.5 Å². The van der Waals surface area contributed by atoms with Crippen LogP contribution in [0.3, 0.4) is 0 Å². The zero-order valence-electron chi connectivity index (χ0n) is 37.3. The Morgan fingerprint density at radius 1 is 0.509 bits per heavy atom. The van der Waals surface area contributed by atoms with Gasteiger partial charge >= 0.3 is 19.8 Å². The van der Waals surface area contributed by atoms with Crippen molar-refractivity contribution in [3.63, 3.8) is 0 Å². The van der Waals surface area contributed by atoms with Crippen LogP contribution in [0.4, 0.5) is 0 Å². The second kappa shape index (κ2) is 44.3. The van der Waals surface area contributed by atoms with Gasteiger partial charge in [0.05, 0.1) is 13.2 Å². The Labute approximate surface area is 351 Å². The highest BCUT2D eigenvalue weighted by molar-refractivity contribution is 7.47. The molecule has 2 atom stereocenters. The Bertz CT molecular complexity index is 948. The summed E-state index contributed by atoms with van der Waals surface area (Å²) in [7, 11) is -4.37. The molecule has 57 heavy (non-hydrogen) atoms. The fraction of sp³-hybridized carbons (Fsp3) is 0.915. The van der Waals surface area contributed by atoms with E-state index in [0.29, 0.717) is 6.42 Å². The van der Waals surface area contributed by atoms with Crippen molar-refractivity contribution in [2.24, 2.45) is 5.73 Å². The number of nitrogens with two attached hydrogens (primary N) is 1. The predicted molar refractivity (Wildman–Crippen MR) is 238 cm³/mol. The molecule has 9 nitrogen and oxygen atoms in total. The smallest absolute Gasteiger partial charge is 0.462 e. The van der Waals surface area contributed by atoms with Crippen molar-refractivity contribution in [2.75, 3.05) is 26.4 Å². The van der Waals surface area contributed by atoms with E-state index in [1.165, 1.54) is 180 Å². The molecule has 0 aromatic rings. The topological polar surface area (TPSA) is 134 Å². The molecule has 0 rings (SSSR count). The van der Waals surface area contributed by atoms with Crippen molar-refractivity contribution in [3.05, 3.63) is 12.2 Å². The van der Waals surface area contributed by atoms with E-state index in [0.717, 1.165) is 32.1 Å². The summed E-state index contributed by atoms with van der Waals surface area (Å²) in [5.41, 5.74) is 5.36. The monoisotopic (exact) mass is 830 g/mol. The first-order valence-electron chi connectivity index (χ1n) is 24.2. The van der Waals surface area contributed by atoms with Crippen molar-refractivity contribution in [2.45, 2.75) is 251 Å². The molecule has 0 fully saturated rings. The fourth-order valence-electron chi connectivity index (χ4n) is 7.04. The van der Waals surface area contributed by atoms with Gasteiger partial charge in [0.1, 0.15) is 6.61 Å². The van der Waals surface area contributed by atoms with Crippen LogP contribution in [0.2, 0.25) is 0 Å². The molecule has 0 amide bonds. The van der Waals surface area contributed by atoms with Crippen molar-refractivity contribution < 1.29 is 37.6 Å². The SMILES string of the molecule is CCCCCCCCCC/C=C\CCCCCCCCCC(=O)OC[C@H](COP(=O)(O)OCCN)OC(=O)CCCCCCCCCCCCCCCCCCC. The summed E-state index contributed by atoms with van der Waals surface area (Å²) in [6, 6.07) is 0. The summed E-state index contributed by atoms with van der Waals surface area (Å²) < 4.78 is 32.9. The molecule has 0 radical (unpaired) electrons. The van der Waals surface area contributed by atoms with E-state index in [-0.39, 0.29) is 38.6 Å². The lowest BCUT2D eigenvalue weighted by atomic mass is 10.0. The van der Waals surface area contributed by atoms with Crippen molar-refractivity contribution in [3.8, 4) is 0 Å². The third-order valence-electron chi connectivity index (χ3n) is 10.7. The number of hydrogen-bond acceptors (Lipinski definition) is 8. The van der Waals surface area contributed by atoms with E-state index in [2.05, 4.69) is 26.0 Å². The average Bonchev–Trinajstić information content (AvgIpc) is 3.20. The Morgan fingerprint density at radius 3 is 1.25 bits per heavy atom. The van der Waals surface area contributed by atoms with Gasteiger partial charge in [-0.3, -0.25) is 18.6 Å². The van der Waals surface area contributed by atoms with Gasteiger partial charge in [-0.25, -0.2) is 4.57 Å². The maximum absolute atomic E-state index is 12.6. The number of ether oxygens (including phenoxy) is 2. The van der Waals surface area contributed by atoms with Crippen LogP contribution in [0, 0.1) is 0 Å². The minimum atomic E-state index is -4.37.